The van der Waals surface area contributed by atoms with Crippen LogP contribution in [0.5, 0.6) is 0 Å². The summed E-state index contributed by atoms with van der Waals surface area (Å²) in [6.07, 6.45) is 5.92. The van der Waals surface area contributed by atoms with E-state index in [0.29, 0.717) is 6.04 Å². The quantitative estimate of drug-likeness (QED) is 0.595. The third-order valence-corrected chi connectivity index (χ3v) is 1.95. The molecular weight excluding hydrogens is 138 g/mol. The Balaban J connectivity index is 2.49. The van der Waals surface area contributed by atoms with Crippen LogP contribution in [0.2, 0.25) is 0 Å². The summed E-state index contributed by atoms with van der Waals surface area (Å²) in [5.74, 6) is 0. The first-order valence-electron chi connectivity index (χ1n) is 3.71. The highest BCUT2D eigenvalue weighted by Crippen LogP contribution is 2.27. The molecule has 2 rings (SSSR count). The Morgan fingerprint density at radius 2 is 2.36 bits per heavy atom. The number of rotatable bonds is 0. The Morgan fingerprint density at radius 3 is 3.09 bits per heavy atom. The van der Waals surface area contributed by atoms with E-state index in [9.17, 15) is 0 Å². The van der Waals surface area contributed by atoms with Crippen molar-refractivity contribution in [1.29, 1.82) is 0 Å². The molecule has 11 heavy (non-hydrogen) atoms. The van der Waals surface area contributed by atoms with Gasteiger partial charge in [0.1, 0.15) is 0 Å². The van der Waals surface area contributed by atoms with Gasteiger partial charge in [-0.2, -0.15) is 0 Å². The summed E-state index contributed by atoms with van der Waals surface area (Å²) >= 11 is 0. The van der Waals surface area contributed by atoms with E-state index in [1.54, 1.807) is 6.34 Å². The average Bonchev–Trinajstić information content (AvgIpc) is 2.31. The van der Waals surface area contributed by atoms with Gasteiger partial charge in [-0.1, -0.05) is 0 Å². The van der Waals surface area contributed by atoms with Crippen LogP contribution in [0.1, 0.15) is 18.5 Å². The topological polar surface area (TPSA) is 29.3 Å². The lowest BCUT2D eigenvalue weighted by atomic mass is 10.1. The van der Waals surface area contributed by atoms with Gasteiger partial charge in [0.2, 0.25) is 0 Å². The summed E-state index contributed by atoms with van der Waals surface area (Å²) in [7, 11) is 2.02. The molecule has 0 aromatic carbocycles. The van der Waals surface area contributed by atoms with Crippen molar-refractivity contribution in [2.24, 2.45) is 12.0 Å². The van der Waals surface area contributed by atoms with Crippen LogP contribution in [0.15, 0.2) is 17.4 Å². The van der Waals surface area contributed by atoms with Crippen molar-refractivity contribution < 1.29 is 0 Å². The molecular formula is C8H11N3. The Morgan fingerprint density at radius 1 is 1.55 bits per heavy atom. The maximum atomic E-state index is 4.24. The molecule has 1 aromatic rings. The van der Waals surface area contributed by atoms with Crippen LogP contribution in [-0.4, -0.2) is 10.9 Å². The molecule has 1 aliphatic heterocycles. The lowest BCUT2D eigenvalue weighted by Gasteiger charge is -2.12. The second-order valence-electron chi connectivity index (χ2n) is 2.89. The van der Waals surface area contributed by atoms with E-state index in [1.807, 2.05) is 11.6 Å². The van der Waals surface area contributed by atoms with E-state index in [1.165, 1.54) is 11.3 Å². The molecule has 0 spiro atoms. The third kappa shape index (κ3) is 0.926. The van der Waals surface area contributed by atoms with E-state index in [4.69, 9.17) is 0 Å². The highest BCUT2D eigenvalue weighted by Gasteiger charge is 2.13. The standard InChI is InChI=1S/C8H11N3/c1-6-7-3-11(2)4-8(7)10-5-9-6/h3-6H,1-2H3,(H,9,10). The summed E-state index contributed by atoms with van der Waals surface area (Å²) in [5.41, 5.74) is 2.45. The van der Waals surface area contributed by atoms with E-state index in [-0.39, 0.29) is 0 Å². The zero-order valence-electron chi connectivity index (χ0n) is 6.70. The normalized spacial score (nSPS) is 21.1. The fourth-order valence-corrected chi connectivity index (χ4v) is 1.36. The fraction of sp³-hybridized carbons (Fsp3) is 0.375. The number of fused-ring (bicyclic) bond motifs is 1. The molecule has 3 nitrogen and oxygen atoms in total. The van der Waals surface area contributed by atoms with E-state index in [0.717, 1.165) is 0 Å². The number of hydrogen-bond acceptors (Lipinski definition) is 2. The Bertz CT molecular complexity index is 298. The number of aliphatic imine (C=N–C) groups is 1. The molecule has 1 N–H and O–H groups in total. The zero-order valence-corrected chi connectivity index (χ0v) is 6.70. The third-order valence-electron chi connectivity index (χ3n) is 1.95. The van der Waals surface area contributed by atoms with Crippen LogP contribution in [-0.2, 0) is 7.05 Å². The molecule has 0 fully saturated rings. The molecule has 0 saturated carbocycles. The van der Waals surface area contributed by atoms with Crippen LogP contribution in [0.25, 0.3) is 0 Å². The van der Waals surface area contributed by atoms with Crippen molar-refractivity contribution in [2.75, 3.05) is 5.32 Å². The van der Waals surface area contributed by atoms with Crippen LogP contribution in [0.3, 0.4) is 0 Å². The van der Waals surface area contributed by atoms with Gasteiger partial charge in [0.05, 0.1) is 18.1 Å². The molecule has 0 radical (unpaired) electrons. The molecule has 1 unspecified atom stereocenters. The zero-order chi connectivity index (χ0) is 7.84. The Labute approximate surface area is 65.7 Å². The van der Waals surface area contributed by atoms with Gasteiger partial charge < -0.3 is 9.88 Å². The van der Waals surface area contributed by atoms with Gasteiger partial charge in [-0.25, -0.2) is 0 Å². The SMILES string of the molecule is CC1N=CNc2cn(C)cc21. The van der Waals surface area contributed by atoms with Gasteiger partial charge in [-0.15, -0.1) is 0 Å². The molecule has 0 amide bonds. The van der Waals surface area contributed by atoms with Crippen LogP contribution < -0.4 is 5.32 Å². The van der Waals surface area contributed by atoms with Gasteiger partial charge in [0.25, 0.3) is 0 Å². The number of aromatic nitrogens is 1. The maximum Gasteiger partial charge on any atom is 0.0875 e. The van der Waals surface area contributed by atoms with Crippen LogP contribution in [0.4, 0.5) is 5.69 Å². The fourth-order valence-electron chi connectivity index (χ4n) is 1.36. The van der Waals surface area contributed by atoms with E-state index >= 15 is 0 Å². The number of hydrogen-bond donors (Lipinski definition) is 1. The number of anilines is 1. The minimum Gasteiger partial charge on any atom is -0.355 e. The molecule has 1 atom stereocenters. The minimum atomic E-state index is 0.299. The molecule has 0 aliphatic carbocycles. The van der Waals surface area contributed by atoms with Gasteiger partial charge in [0.15, 0.2) is 0 Å². The largest absolute Gasteiger partial charge is 0.355 e. The van der Waals surface area contributed by atoms with Crippen LogP contribution in [0, 0.1) is 0 Å². The Kier molecular flexibility index (Phi) is 1.24. The van der Waals surface area contributed by atoms with Crippen molar-refractivity contribution in [2.45, 2.75) is 13.0 Å². The molecule has 2 heterocycles. The molecule has 0 bridgehead atoms. The van der Waals surface area contributed by atoms with Crippen molar-refractivity contribution in [3.8, 4) is 0 Å². The lowest BCUT2D eigenvalue weighted by molar-refractivity contribution is 0.810. The summed E-state index contributed by atoms with van der Waals surface area (Å²) in [6.45, 7) is 2.09. The smallest absolute Gasteiger partial charge is 0.0875 e. The average molecular weight is 149 g/mol. The molecule has 3 heteroatoms. The van der Waals surface area contributed by atoms with E-state index < -0.39 is 0 Å². The lowest BCUT2D eigenvalue weighted by Crippen LogP contribution is -2.05. The van der Waals surface area contributed by atoms with E-state index in [2.05, 4.69) is 29.6 Å². The second-order valence-corrected chi connectivity index (χ2v) is 2.89. The first kappa shape index (κ1) is 6.46. The highest BCUT2D eigenvalue weighted by atomic mass is 15.0. The minimum absolute atomic E-state index is 0.299. The maximum absolute atomic E-state index is 4.24. The summed E-state index contributed by atoms with van der Waals surface area (Å²) in [6, 6.07) is 0.299. The summed E-state index contributed by atoms with van der Waals surface area (Å²) < 4.78 is 2.04. The first-order valence-corrected chi connectivity index (χ1v) is 3.71. The van der Waals surface area contributed by atoms with Gasteiger partial charge in [-0.3, -0.25) is 4.99 Å². The number of nitrogens with one attached hydrogen (secondary N) is 1. The van der Waals surface area contributed by atoms with Crippen molar-refractivity contribution in [1.82, 2.24) is 4.57 Å². The van der Waals surface area contributed by atoms with Gasteiger partial charge >= 0.3 is 0 Å². The monoisotopic (exact) mass is 149 g/mol. The van der Waals surface area contributed by atoms with Crippen LogP contribution >= 0.6 is 0 Å². The predicted molar refractivity (Wildman–Crippen MR) is 45.9 cm³/mol. The summed E-state index contributed by atoms with van der Waals surface area (Å²) in [4.78, 5) is 4.24. The molecule has 1 aliphatic rings. The molecule has 1 aromatic heterocycles. The predicted octanol–water partition coefficient (Wildman–Crippen LogP) is 1.54. The summed E-state index contributed by atoms with van der Waals surface area (Å²) in [5, 5.41) is 3.10. The molecule has 58 valence electrons. The van der Waals surface area contributed by atoms with Crippen molar-refractivity contribution in [3.05, 3.63) is 18.0 Å². The first-order chi connectivity index (χ1) is 5.27. The number of aryl methyl sites for hydroxylation is 1. The Hall–Kier alpha value is -1.25. The molecule has 0 saturated heterocycles. The van der Waals surface area contributed by atoms with Crippen molar-refractivity contribution in [3.63, 3.8) is 0 Å². The van der Waals surface area contributed by atoms with Crippen molar-refractivity contribution >= 4 is 12.0 Å². The van der Waals surface area contributed by atoms with Gasteiger partial charge in [-0.05, 0) is 6.92 Å². The highest BCUT2D eigenvalue weighted by molar-refractivity contribution is 5.80. The second kappa shape index (κ2) is 2.12. The number of nitrogens with zero attached hydrogens (tertiary/aromatic N) is 2. The van der Waals surface area contributed by atoms with Gasteiger partial charge in [0, 0.05) is 25.0 Å².